The van der Waals surface area contributed by atoms with Gasteiger partial charge >= 0.3 is 5.97 Å². The van der Waals surface area contributed by atoms with Crippen LogP contribution in [0.1, 0.15) is 86.7 Å². The molecule has 1 aliphatic carbocycles. The third kappa shape index (κ3) is 4.44. The van der Waals surface area contributed by atoms with Crippen LogP contribution >= 0.6 is 0 Å². The fraction of sp³-hybridized carbons (Fsp3) is 0.486. The molecule has 2 aromatic rings. The second-order valence-electron chi connectivity index (χ2n) is 12.6. The second-order valence-corrected chi connectivity index (χ2v) is 12.6. The number of hydrogen-bond donors (Lipinski definition) is 5. The highest BCUT2D eigenvalue weighted by atomic mass is 16.5. The summed E-state index contributed by atoms with van der Waals surface area (Å²) in [6.45, 7) is 13.0. The number of aliphatic hydroxyl groups excluding tert-OH is 1. The highest BCUT2D eigenvalue weighted by Crippen LogP contribution is 2.45. The highest BCUT2D eigenvalue weighted by molar-refractivity contribution is 5.88. The number of ether oxygens (including phenoxy) is 1. The van der Waals surface area contributed by atoms with Gasteiger partial charge < -0.3 is 35.2 Å². The van der Waals surface area contributed by atoms with Gasteiger partial charge in [0.25, 0.3) is 0 Å². The summed E-state index contributed by atoms with van der Waals surface area (Å²) in [4.78, 5) is 32.2. The number of aldehydes is 1. The maximum absolute atomic E-state index is 13.3. The Balaban J connectivity index is 1.68. The van der Waals surface area contributed by atoms with E-state index in [-0.39, 0.29) is 23.8 Å². The number of methoxy groups -OCH3 is 1. The Hall–Kier alpha value is -3.78. The monoisotopic (exact) mass is 584 g/mol. The van der Waals surface area contributed by atoms with Crippen molar-refractivity contribution in [2.24, 2.45) is 23.7 Å². The Morgan fingerprint density at radius 3 is 2.49 bits per heavy atom. The summed E-state index contributed by atoms with van der Waals surface area (Å²) in [5, 5.41) is 21.0. The number of hydrogen-bond acceptors (Lipinski definition) is 6. The molecule has 5 heterocycles. The molecule has 8 bridgehead atoms. The Kier molecular flexibility index (Phi) is 7.53. The first-order chi connectivity index (χ1) is 20.6. The molecule has 6 rings (SSSR count). The molecule has 1 fully saturated rings. The van der Waals surface area contributed by atoms with Crippen LogP contribution in [0.2, 0.25) is 0 Å². The van der Waals surface area contributed by atoms with Gasteiger partial charge in [-0.3, -0.25) is 4.79 Å². The number of esters is 1. The van der Waals surface area contributed by atoms with Crippen LogP contribution in [-0.4, -0.2) is 40.5 Å². The van der Waals surface area contributed by atoms with Gasteiger partial charge in [-0.2, -0.15) is 0 Å². The maximum atomic E-state index is 13.3. The molecule has 0 radical (unpaired) electrons. The van der Waals surface area contributed by atoms with Crippen molar-refractivity contribution in [3.05, 3.63) is 73.1 Å². The topological polar surface area (TPSA) is 119 Å². The van der Waals surface area contributed by atoms with Crippen molar-refractivity contribution in [2.45, 2.75) is 79.4 Å². The number of aromatic amines is 2. The van der Waals surface area contributed by atoms with Crippen LogP contribution in [-0.2, 0) is 20.7 Å². The number of H-pyrrole nitrogens is 2. The Morgan fingerprint density at radius 1 is 1.05 bits per heavy atom. The number of fused-ring (bicyclic) bond motifs is 8. The van der Waals surface area contributed by atoms with Gasteiger partial charge in [-0.15, -0.1) is 0 Å². The number of rotatable bonds is 6. The first kappa shape index (κ1) is 29.3. The minimum Gasteiger partial charge on any atom is -0.468 e. The van der Waals surface area contributed by atoms with Gasteiger partial charge in [0, 0.05) is 63.0 Å². The molecule has 6 atom stereocenters. The van der Waals surface area contributed by atoms with E-state index in [0.717, 1.165) is 69.3 Å². The standard InChI is InChI=1S/C35H44N4O4/c1-8-20-16(3)23-13-25-18(5)22(11-10-12-40)32(38-25)30-31(35(42)43-7)34(41)29-19(6)26(39-33(29)30)15-28-21(9-2)17(4)24(37-28)14-27(20)36-23/h12-15,18,20,22,31-32,34,36-39,41H,8-11H2,1-7H3/b25-13-,26-15-,27-14-/t18-,20+,22-,31+,32?,34-/m0/s1. The average molecular weight is 585 g/mol. The molecule has 0 spiro atoms. The molecule has 1 unspecified atom stereocenters. The first-order valence-electron chi connectivity index (χ1n) is 15.7. The van der Waals surface area contributed by atoms with Crippen molar-refractivity contribution in [3.8, 4) is 0 Å². The molecule has 0 amide bonds. The average Bonchev–Trinajstić information content (AvgIpc) is 3.72. The molecule has 5 N–H and O–H groups in total. The van der Waals surface area contributed by atoms with Crippen LogP contribution in [0.25, 0.3) is 17.7 Å². The van der Waals surface area contributed by atoms with Crippen molar-refractivity contribution < 1.29 is 19.4 Å². The molecule has 43 heavy (non-hydrogen) atoms. The van der Waals surface area contributed by atoms with Crippen molar-refractivity contribution >= 4 is 30.0 Å². The largest absolute Gasteiger partial charge is 0.468 e. The zero-order valence-corrected chi connectivity index (χ0v) is 26.3. The third-order valence-electron chi connectivity index (χ3n) is 10.6. The second kappa shape index (κ2) is 11.1. The molecule has 4 aliphatic rings. The number of carbonyl (C=O) groups excluding carboxylic acids is 2. The van der Waals surface area contributed by atoms with Crippen molar-refractivity contribution in [2.75, 3.05) is 7.11 Å². The van der Waals surface area contributed by atoms with E-state index in [2.05, 4.69) is 73.4 Å². The normalized spacial score (nSPS) is 30.6. The maximum Gasteiger partial charge on any atom is 0.315 e. The van der Waals surface area contributed by atoms with E-state index in [4.69, 9.17) is 4.74 Å². The lowest BCUT2D eigenvalue weighted by molar-refractivity contribution is -0.146. The smallest absolute Gasteiger partial charge is 0.315 e. The van der Waals surface area contributed by atoms with Crippen LogP contribution < -0.4 is 21.3 Å². The van der Waals surface area contributed by atoms with Crippen molar-refractivity contribution in [1.82, 2.24) is 20.6 Å². The Bertz CT molecular complexity index is 1720. The number of carbonyl (C=O) groups is 2. The fourth-order valence-electron chi connectivity index (χ4n) is 8.12. The Labute approximate surface area is 253 Å². The van der Waals surface area contributed by atoms with Gasteiger partial charge in [-0.1, -0.05) is 20.8 Å². The Morgan fingerprint density at radius 2 is 1.81 bits per heavy atom. The SMILES string of the molecule is CCc1c2[nH]c(c1C)/C=C1\NC(=C(C)[C@H]1CC)/C=C1\NC(C3=c4[nH]/c(c(C)c4[C@H](O)[C@@H]3C(=O)OC)=C\2)[C@@H](CCC=O)[C@@H]1C. The lowest BCUT2D eigenvalue weighted by Gasteiger charge is -2.27. The molecule has 0 saturated carbocycles. The van der Waals surface area contributed by atoms with Gasteiger partial charge in [0.15, 0.2) is 0 Å². The summed E-state index contributed by atoms with van der Waals surface area (Å²) in [5.41, 5.74) is 11.7. The summed E-state index contributed by atoms with van der Waals surface area (Å²) in [6.07, 6.45) is 9.50. The fourth-order valence-corrected chi connectivity index (χ4v) is 8.12. The summed E-state index contributed by atoms with van der Waals surface area (Å²) in [5.74, 6) is -0.871. The van der Waals surface area contributed by atoms with E-state index in [9.17, 15) is 14.7 Å². The molecule has 3 aliphatic heterocycles. The van der Waals surface area contributed by atoms with E-state index >= 15 is 0 Å². The van der Waals surface area contributed by atoms with Crippen molar-refractivity contribution in [3.63, 3.8) is 0 Å². The van der Waals surface area contributed by atoms with Gasteiger partial charge in [0.05, 0.1) is 19.3 Å². The summed E-state index contributed by atoms with van der Waals surface area (Å²) < 4.78 is 5.26. The minimum absolute atomic E-state index is 0.0441. The van der Waals surface area contributed by atoms with Crippen LogP contribution in [0.3, 0.4) is 0 Å². The number of aromatic nitrogens is 2. The molecular formula is C35H44N4O4. The number of aliphatic hydroxyl groups is 1. The summed E-state index contributed by atoms with van der Waals surface area (Å²) >= 11 is 0. The summed E-state index contributed by atoms with van der Waals surface area (Å²) in [6, 6.07) is -0.259. The number of allylic oxidation sites excluding steroid dienone is 3. The minimum atomic E-state index is -1.03. The van der Waals surface area contributed by atoms with Crippen LogP contribution in [0, 0.1) is 37.5 Å². The molecule has 1 saturated heterocycles. The van der Waals surface area contributed by atoms with Gasteiger partial charge in [-0.25, -0.2) is 0 Å². The third-order valence-corrected chi connectivity index (χ3v) is 10.6. The molecule has 0 aromatic carbocycles. The van der Waals surface area contributed by atoms with E-state index < -0.39 is 18.0 Å². The number of nitrogens with one attached hydrogen (secondary N) is 4. The predicted molar refractivity (Wildman–Crippen MR) is 168 cm³/mol. The van der Waals surface area contributed by atoms with Gasteiger partial charge in [-0.05, 0) is 92.0 Å². The lowest BCUT2D eigenvalue weighted by atomic mass is 9.80. The van der Waals surface area contributed by atoms with Crippen LogP contribution in [0.4, 0.5) is 0 Å². The quantitative estimate of drug-likeness (QED) is 0.261. The highest BCUT2D eigenvalue weighted by Gasteiger charge is 2.49. The lowest BCUT2D eigenvalue weighted by Crippen LogP contribution is -2.37. The van der Waals surface area contributed by atoms with Crippen LogP contribution in [0.5, 0.6) is 0 Å². The molecule has 2 aromatic heterocycles. The summed E-state index contributed by atoms with van der Waals surface area (Å²) in [7, 11) is 1.37. The van der Waals surface area contributed by atoms with E-state index in [1.807, 2.05) is 6.92 Å². The zero-order chi connectivity index (χ0) is 30.7. The predicted octanol–water partition coefficient (Wildman–Crippen LogP) is 3.68. The molecule has 228 valence electrons. The zero-order valence-electron chi connectivity index (χ0n) is 26.3. The van der Waals surface area contributed by atoms with Gasteiger partial charge in [0.1, 0.15) is 12.2 Å². The first-order valence-corrected chi connectivity index (χ1v) is 15.7. The van der Waals surface area contributed by atoms with Crippen LogP contribution in [0.15, 0.2) is 28.7 Å². The molecule has 8 nitrogen and oxygen atoms in total. The van der Waals surface area contributed by atoms with Crippen molar-refractivity contribution in [1.29, 1.82) is 0 Å². The van der Waals surface area contributed by atoms with E-state index in [1.54, 1.807) is 0 Å². The van der Waals surface area contributed by atoms with E-state index in [0.29, 0.717) is 12.8 Å². The van der Waals surface area contributed by atoms with E-state index in [1.165, 1.54) is 29.5 Å². The molecular weight excluding hydrogens is 540 g/mol. The van der Waals surface area contributed by atoms with Gasteiger partial charge in [0.2, 0.25) is 0 Å². The molecule has 8 heteroatoms.